The number of phenols is 3. The number of fused-ring (bicyclic) bond motifs is 3. The summed E-state index contributed by atoms with van der Waals surface area (Å²) in [7, 11) is 1.18. The predicted molar refractivity (Wildman–Crippen MR) is 106 cm³/mol. The van der Waals surface area contributed by atoms with Gasteiger partial charge in [-0.05, 0) is 43.4 Å². The Kier molecular flexibility index (Phi) is 4.39. The van der Waals surface area contributed by atoms with Crippen LogP contribution >= 0.6 is 0 Å². The molecule has 0 radical (unpaired) electrons. The molecule has 0 spiro atoms. The van der Waals surface area contributed by atoms with Crippen molar-refractivity contribution in [2.75, 3.05) is 7.11 Å². The Hall–Kier alpha value is -3.43. The molecule has 2 aromatic rings. The van der Waals surface area contributed by atoms with Gasteiger partial charge in [0.25, 0.3) is 0 Å². The van der Waals surface area contributed by atoms with Crippen LogP contribution in [-0.4, -0.2) is 61.7 Å². The number of ketones is 3. The van der Waals surface area contributed by atoms with E-state index in [9.17, 15) is 39.9 Å². The van der Waals surface area contributed by atoms with Gasteiger partial charge < -0.3 is 30.3 Å². The van der Waals surface area contributed by atoms with Crippen LogP contribution in [0.25, 0.3) is 10.8 Å². The van der Waals surface area contributed by atoms with Gasteiger partial charge in [-0.2, -0.15) is 0 Å². The third-order valence-corrected chi connectivity index (χ3v) is 6.31. The van der Waals surface area contributed by atoms with Gasteiger partial charge >= 0.3 is 0 Å². The van der Waals surface area contributed by atoms with Crippen molar-refractivity contribution >= 4 is 28.1 Å². The number of hydrogen-bond donors (Lipinski definition) is 5. The Morgan fingerprint density at radius 2 is 1.77 bits per heavy atom. The number of phenolic OH excluding ortho intramolecular Hbond substituents is 3. The lowest BCUT2D eigenvalue weighted by Crippen LogP contribution is -2.61. The summed E-state index contributed by atoms with van der Waals surface area (Å²) in [5.41, 5.74) is -3.47. The fraction of sp³-hybridized carbons (Fsp3) is 0.318. The lowest BCUT2D eigenvalue weighted by molar-refractivity contribution is -0.141. The van der Waals surface area contributed by atoms with Crippen LogP contribution in [0, 0.1) is 12.8 Å². The van der Waals surface area contributed by atoms with Crippen molar-refractivity contribution in [3.63, 3.8) is 0 Å². The molecular formula is C22H20O9. The number of carbonyl (C=O) groups excluding carboxylic acids is 3. The molecule has 3 atom stereocenters. The van der Waals surface area contributed by atoms with Gasteiger partial charge in [-0.15, -0.1) is 0 Å². The zero-order valence-corrected chi connectivity index (χ0v) is 16.9. The summed E-state index contributed by atoms with van der Waals surface area (Å²) in [6.07, 6.45) is -1.56. The minimum Gasteiger partial charge on any atom is -0.508 e. The Morgan fingerprint density at radius 1 is 1.13 bits per heavy atom. The van der Waals surface area contributed by atoms with Crippen LogP contribution in [0.5, 0.6) is 17.2 Å². The van der Waals surface area contributed by atoms with Crippen LogP contribution in [0.15, 0.2) is 23.5 Å². The summed E-state index contributed by atoms with van der Waals surface area (Å²) >= 11 is 0. The van der Waals surface area contributed by atoms with E-state index in [1.165, 1.54) is 26.2 Å². The zero-order valence-electron chi connectivity index (χ0n) is 16.9. The van der Waals surface area contributed by atoms with Crippen LogP contribution in [-0.2, 0) is 20.7 Å². The highest BCUT2D eigenvalue weighted by Crippen LogP contribution is 2.50. The van der Waals surface area contributed by atoms with E-state index >= 15 is 0 Å². The summed E-state index contributed by atoms with van der Waals surface area (Å²) < 4.78 is 5.20. The molecule has 31 heavy (non-hydrogen) atoms. The topological polar surface area (TPSA) is 162 Å². The molecule has 0 heterocycles. The molecule has 162 valence electrons. The largest absolute Gasteiger partial charge is 0.508 e. The highest BCUT2D eigenvalue weighted by Gasteiger charge is 2.61. The van der Waals surface area contributed by atoms with Gasteiger partial charge in [-0.25, -0.2) is 0 Å². The molecule has 0 amide bonds. The van der Waals surface area contributed by atoms with Crippen molar-refractivity contribution in [3.8, 4) is 17.2 Å². The predicted octanol–water partition coefficient (Wildman–Crippen LogP) is 1.35. The Morgan fingerprint density at radius 3 is 2.35 bits per heavy atom. The maximum atomic E-state index is 13.4. The number of ether oxygens (including phenoxy) is 1. The third kappa shape index (κ3) is 2.47. The van der Waals surface area contributed by atoms with Crippen molar-refractivity contribution in [1.82, 2.24) is 0 Å². The quantitative estimate of drug-likeness (QED) is 0.445. The standard InChI is InChI=1S/C22H20O9/c1-7-12(24)6-10-4-9-5-11-19(31-3)18(27)13(8(2)23)20(28)22(11,30)21(29)15(9)17(26)14(10)16(7)25/h4,6,11,19,24-26,28,30H,5H2,1-3H3/t11-,19+,22+/m0/s1. The number of hydrogen-bond acceptors (Lipinski definition) is 9. The Bertz CT molecular complexity index is 1240. The Labute approximate surface area is 175 Å². The second-order valence-corrected chi connectivity index (χ2v) is 7.93. The average molecular weight is 428 g/mol. The van der Waals surface area contributed by atoms with E-state index in [1.807, 2.05) is 0 Å². The molecule has 5 N–H and O–H groups in total. The molecule has 0 saturated heterocycles. The van der Waals surface area contributed by atoms with E-state index in [4.69, 9.17) is 4.74 Å². The number of methoxy groups -OCH3 is 1. The van der Waals surface area contributed by atoms with Crippen LogP contribution < -0.4 is 0 Å². The van der Waals surface area contributed by atoms with E-state index in [2.05, 4.69) is 0 Å². The lowest BCUT2D eigenvalue weighted by atomic mass is 9.62. The molecule has 0 aromatic heterocycles. The summed E-state index contributed by atoms with van der Waals surface area (Å²) in [5.74, 6) is -6.49. The number of rotatable bonds is 2. The lowest BCUT2D eigenvalue weighted by Gasteiger charge is -2.45. The normalized spacial score (nSPS) is 25.5. The second-order valence-electron chi connectivity index (χ2n) is 7.93. The first-order valence-corrected chi connectivity index (χ1v) is 9.45. The number of aliphatic hydroxyl groups is 2. The van der Waals surface area contributed by atoms with Crippen molar-refractivity contribution in [2.24, 2.45) is 5.92 Å². The molecule has 0 aliphatic heterocycles. The van der Waals surface area contributed by atoms with E-state index in [-0.39, 0.29) is 39.6 Å². The van der Waals surface area contributed by atoms with Crippen LogP contribution in [0.3, 0.4) is 0 Å². The van der Waals surface area contributed by atoms with Crippen LogP contribution in [0.4, 0.5) is 0 Å². The van der Waals surface area contributed by atoms with Crippen molar-refractivity contribution < 1.29 is 44.7 Å². The molecular weight excluding hydrogens is 408 g/mol. The van der Waals surface area contributed by atoms with Crippen molar-refractivity contribution in [1.29, 1.82) is 0 Å². The fourth-order valence-corrected chi connectivity index (χ4v) is 4.68. The highest BCUT2D eigenvalue weighted by atomic mass is 16.5. The zero-order chi connectivity index (χ0) is 23.0. The second kappa shape index (κ2) is 6.53. The van der Waals surface area contributed by atoms with E-state index in [0.717, 1.165) is 6.92 Å². The van der Waals surface area contributed by atoms with Gasteiger partial charge in [-0.3, -0.25) is 14.4 Å². The van der Waals surface area contributed by atoms with Crippen LogP contribution in [0.2, 0.25) is 0 Å². The van der Waals surface area contributed by atoms with Crippen molar-refractivity contribution in [2.45, 2.75) is 32.0 Å². The maximum absolute atomic E-state index is 13.4. The summed E-state index contributed by atoms with van der Waals surface area (Å²) in [6, 6.07) is 2.75. The van der Waals surface area contributed by atoms with Gasteiger partial charge in [0.1, 0.15) is 34.7 Å². The molecule has 2 aliphatic rings. The molecule has 0 saturated carbocycles. The maximum Gasteiger partial charge on any atom is 0.206 e. The molecule has 0 unspecified atom stereocenters. The monoisotopic (exact) mass is 428 g/mol. The third-order valence-electron chi connectivity index (χ3n) is 6.31. The van der Waals surface area contributed by atoms with Crippen LogP contribution in [0.1, 0.15) is 28.4 Å². The summed E-state index contributed by atoms with van der Waals surface area (Å²) in [4.78, 5) is 38.1. The molecule has 0 fully saturated rings. The molecule has 4 rings (SSSR count). The van der Waals surface area contributed by atoms with E-state index < -0.39 is 57.8 Å². The summed E-state index contributed by atoms with van der Waals surface area (Å²) in [6.45, 7) is 2.43. The molecule has 2 aromatic carbocycles. The average Bonchev–Trinajstić information content (AvgIpc) is 2.69. The number of aliphatic hydroxyl groups excluding tert-OH is 1. The highest BCUT2D eigenvalue weighted by molar-refractivity contribution is 6.25. The number of aromatic hydroxyl groups is 3. The van der Waals surface area contributed by atoms with Gasteiger partial charge in [0.05, 0.1) is 10.9 Å². The molecule has 0 bridgehead atoms. The van der Waals surface area contributed by atoms with Gasteiger partial charge in [0, 0.05) is 18.6 Å². The number of carbonyl (C=O) groups is 3. The van der Waals surface area contributed by atoms with Gasteiger partial charge in [0.15, 0.2) is 17.2 Å². The van der Waals surface area contributed by atoms with Gasteiger partial charge in [-0.1, -0.05) is 0 Å². The Balaban J connectivity index is 2.07. The first-order valence-electron chi connectivity index (χ1n) is 9.45. The fourth-order valence-electron chi connectivity index (χ4n) is 4.68. The summed E-state index contributed by atoms with van der Waals surface area (Å²) in [5, 5.41) is 53.4. The molecule has 9 heteroatoms. The van der Waals surface area contributed by atoms with E-state index in [1.54, 1.807) is 0 Å². The number of Topliss-reactive ketones (excluding diaryl/α,β-unsaturated/α-hetero) is 3. The molecule has 2 aliphatic carbocycles. The minimum atomic E-state index is -2.69. The van der Waals surface area contributed by atoms with Gasteiger partial charge in [0.2, 0.25) is 5.78 Å². The minimum absolute atomic E-state index is 0.0758. The first-order chi connectivity index (χ1) is 14.5. The number of benzene rings is 2. The van der Waals surface area contributed by atoms with Crippen molar-refractivity contribution in [3.05, 3.63) is 40.2 Å². The first kappa shape index (κ1) is 20.8. The molecule has 9 nitrogen and oxygen atoms in total. The SMILES string of the molecule is CO[C@H]1C(=O)C(C(C)=O)=C(O)[C@@]2(O)C(=O)c3c(cc4cc(O)c(C)c(O)c4c3O)C[C@@H]12. The van der Waals surface area contributed by atoms with E-state index in [0.29, 0.717) is 0 Å². The smallest absolute Gasteiger partial charge is 0.206 e.